The van der Waals surface area contributed by atoms with Crippen LogP contribution in [0.2, 0.25) is 0 Å². The Bertz CT molecular complexity index is 445. The van der Waals surface area contributed by atoms with Gasteiger partial charge < -0.3 is 15.4 Å². The van der Waals surface area contributed by atoms with Crippen molar-refractivity contribution in [3.63, 3.8) is 0 Å². The molecule has 1 heterocycles. The summed E-state index contributed by atoms with van der Waals surface area (Å²) in [6.45, 7) is 5.99. The summed E-state index contributed by atoms with van der Waals surface area (Å²) in [4.78, 5) is 14.1. The molecule has 110 valence electrons. The zero-order chi connectivity index (χ0) is 14.6. The molecule has 2 N–H and O–H groups in total. The van der Waals surface area contributed by atoms with Crippen LogP contribution >= 0.6 is 0 Å². The Balaban J connectivity index is 1.83. The average Bonchev–Trinajstić information content (AvgIpc) is 2.44. The highest BCUT2D eigenvalue weighted by atomic mass is 16.5. The van der Waals surface area contributed by atoms with E-state index in [0.29, 0.717) is 32.5 Å². The van der Waals surface area contributed by atoms with Gasteiger partial charge in [0.25, 0.3) is 0 Å². The smallest absolute Gasteiger partial charge is 0.222 e. The molecule has 0 radical (unpaired) electrons. The van der Waals surface area contributed by atoms with E-state index in [1.165, 1.54) is 0 Å². The second-order valence-corrected chi connectivity index (χ2v) is 5.98. The maximum absolute atomic E-state index is 12.2. The minimum absolute atomic E-state index is 0.0748. The molecule has 1 atom stereocenters. The summed E-state index contributed by atoms with van der Waals surface area (Å²) in [5.41, 5.74) is 6.98. The summed E-state index contributed by atoms with van der Waals surface area (Å²) >= 11 is 0. The number of rotatable bonds is 4. The van der Waals surface area contributed by atoms with Crippen molar-refractivity contribution < 1.29 is 9.53 Å². The average molecular weight is 276 g/mol. The van der Waals surface area contributed by atoms with Crippen LogP contribution < -0.4 is 5.73 Å². The molecule has 0 bridgehead atoms. The molecule has 1 aromatic carbocycles. The number of nitrogens with two attached hydrogens (primary N) is 1. The fourth-order valence-corrected chi connectivity index (χ4v) is 2.53. The minimum atomic E-state index is -0.241. The normalized spacial score (nSPS) is 19.6. The van der Waals surface area contributed by atoms with E-state index in [1.807, 2.05) is 49.1 Å². The van der Waals surface area contributed by atoms with Gasteiger partial charge in [-0.2, -0.15) is 0 Å². The Labute approximate surface area is 120 Å². The summed E-state index contributed by atoms with van der Waals surface area (Å²) in [5.74, 6) is 0.174. The van der Waals surface area contributed by atoms with Crippen molar-refractivity contribution in [2.75, 3.05) is 19.7 Å². The zero-order valence-corrected chi connectivity index (χ0v) is 12.3. The van der Waals surface area contributed by atoms with Crippen molar-refractivity contribution in [3.05, 3.63) is 35.9 Å². The lowest BCUT2D eigenvalue weighted by atomic mass is 10.0. The lowest BCUT2D eigenvalue weighted by Crippen LogP contribution is -2.50. The first-order valence-electron chi connectivity index (χ1n) is 7.20. The Morgan fingerprint density at radius 2 is 2.10 bits per heavy atom. The lowest BCUT2D eigenvalue weighted by molar-refractivity contribution is -0.146. The first-order valence-corrected chi connectivity index (χ1v) is 7.20. The fraction of sp³-hybridized carbons (Fsp3) is 0.562. The van der Waals surface area contributed by atoms with Gasteiger partial charge in [0.05, 0.1) is 12.2 Å². The van der Waals surface area contributed by atoms with E-state index in [9.17, 15) is 4.79 Å². The topological polar surface area (TPSA) is 55.6 Å². The molecule has 0 unspecified atom stereocenters. The molecule has 0 saturated carbocycles. The molecular weight excluding hydrogens is 252 g/mol. The number of benzene rings is 1. The van der Waals surface area contributed by atoms with Crippen LogP contribution in [0.4, 0.5) is 0 Å². The molecular formula is C16H24N2O2. The third-order valence-electron chi connectivity index (χ3n) is 3.68. The standard InChI is InChI=1S/C16H24N2O2/c1-16(2)12-18(10-11-20-16)15(19)9-8-14(17)13-6-4-3-5-7-13/h3-7,14H,8-12,17H2,1-2H3/t14-/m0/s1. The van der Waals surface area contributed by atoms with Gasteiger partial charge in [0.2, 0.25) is 5.91 Å². The SMILES string of the molecule is CC1(C)CN(C(=O)CC[C@H](N)c2ccccc2)CCO1. The number of carbonyl (C=O) groups excluding carboxylic acids is 1. The van der Waals surface area contributed by atoms with Crippen LogP contribution in [0, 0.1) is 0 Å². The highest BCUT2D eigenvalue weighted by Gasteiger charge is 2.29. The number of amides is 1. The van der Waals surface area contributed by atoms with Crippen molar-refractivity contribution in [2.24, 2.45) is 5.73 Å². The molecule has 1 aliphatic rings. The van der Waals surface area contributed by atoms with Crippen molar-refractivity contribution in [2.45, 2.75) is 38.3 Å². The van der Waals surface area contributed by atoms with Crippen molar-refractivity contribution in [3.8, 4) is 0 Å². The van der Waals surface area contributed by atoms with Gasteiger partial charge in [-0.1, -0.05) is 30.3 Å². The maximum Gasteiger partial charge on any atom is 0.222 e. The Morgan fingerprint density at radius 3 is 2.75 bits per heavy atom. The van der Waals surface area contributed by atoms with Crippen LogP contribution in [-0.2, 0) is 9.53 Å². The molecule has 1 aliphatic heterocycles. The van der Waals surface area contributed by atoms with Gasteiger partial charge in [-0.15, -0.1) is 0 Å². The van der Waals surface area contributed by atoms with Gasteiger partial charge in [-0.25, -0.2) is 0 Å². The molecule has 0 aliphatic carbocycles. The van der Waals surface area contributed by atoms with E-state index >= 15 is 0 Å². The van der Waals surface area contributed by atoms with Crippen LogP contribution in [-0.4, -0.2) is 36.1 Å². The van der Waals surface area contributed by atoms with Crippen LogP contribution in [0.15, 0.2) is 30.3 Å². The monoisotopic (exact) mass is 276 g/mol. The summed E-state index contributed by atoms with van der Waals surface area (Å²) in [5, 5.41) is 0. The van der Waals surface area contributed by atoms with Crippen LogP contribution in [0.5, 0.6) is 0 Å². The van der Waals surface area contributed by atoms with Gasteiger partial charge in [0, 0.05) is 25.6 Å². The number of nitrogens with zero attached hydrogens (tertiary/aromatic N) is 1. The van der Waals surface area contributed by atoms with Gasteiger partial charge in [-0.3, -0.25) is 4.79 Å². The van der Waals surface area contributed by atoms with E-state index in [1.54, 1.807) is 0 Å². The van der Waals surface area contributed by atoms with Gasteiger partial charge in [-0.05, 0) is 25.8 Å². The number of carbonyl (C=O) groups is 1. The first-order chi connectivity index (χ1) is 9.48. The number of hydrogen-bond acceptors (Lipinski definition) is 3. The predicted molar refractivity (Wildman–Crippen MR) is 79.2 cm³/mol. The number of hydrogen-bond donors (Lipinski definition) is 1. The summed E-state index contributed by atoms with van der Waals surface area (Å²) in [6, 6.07) is 9.86. The van der Waals surface area contributed by atoms with Crippen LogP contribution in [0.1, 0.15) is 38.3 Å². The van der Waals surface area contributed by atoms with Gasteiger partial charge in [0.1, 0.15) is 0 Å². The van der Waals surface area contributed by atoms with E-state index in [0.717, 1.165) is 5.56 Å². The molecule has 0 aromatic heterocycles. The largest absolute Gasteiger partial charge is 0.372 e. The first kappa shape index (κ1) is 15.0. The molecule has 1 aromatic rings. The van der Waals surface area contributed by atoms with E-state index in [2.05, 4.69) is 0 Å². The third-order valence-corrected chi connectivity index (χ3v) is 3.68. The zero-order valence-electron chi connectivity index (χ0n) is 12.3. The molecule has 2 rings (SSSR count). The lowest BCUT2D eigenvalue weighted by Gasteiger charge is -2.38. The third kappa shape index (κ3) is 4.05. The van der Waals surface area contributed by atoms with Crippen LogP contribution in [0.3, 0.4) is 0 Å². The molecule has 1 saturated heterocycles. The highest BCUT2D eigenvalue weighted by Crippen LogP contribution is 2.19. The van der Waals surface area contributed by atoms with E-state index in [4.69, 9.17) is 10.5 Å². The Hall–Kier alpha value is -1.39. The number of ether oxygens (including phenoxy) is 1. The molecule has 20 heavy (non-hydrogen) atoms. The Kier molecular flexibility index (Phi) is 4.78. The predicted octanol–water partition coefficient (Wildman–Crippen LogP) is 2.10. The van der Waals surface area contributed by atoms with E-state index in [-0.39, 0.29) is 17.6 Å². The van der Waals surface area contributed by atoms with Crippen LogP contribution in [0.25, 0.3) is 0 Å². The van der Waals surface area contributed by atoms with Crippen molar-refractivity contribution in [1.82, 2.24) is 4.90 Å². The minimum Gasteiger partial charge on any atom is -0.372 e. The highest BCUT2D eigenvalue weighted by molar-refractivity contribution is 5.76. The fourth-order valence-electron chi connectivity index (χ4n) is 2.53. The molecule has 1 fully saturated rings. The van der Waals surface area contributed by atoms with Crippen molar-refractivity contribution >= 4 is 5.91 Å². The Morgan fingerprint density at radius 1 is 1.40 bits per heavy atom. The summed E-state index contributed by atoms with van der Waals surface area (Å²) in [6.07, 6.45) is 1.17. The molecule has 4 nitrogen and oxygen atoms in total. The van der Waals surface area contributed by atoms with E-state index < -0.39 is 0 Å². The van der Waals surface area contributed by atoms with Gasteiger partial charge >= 0.3 is 0 Å². The molecule has 0 spiro atoms. The second-order valence-electron chi connectivity index (χ2n) is 5.98. The number of morpholine rings is 1. The summed E-state index contributed by atoms with van der Waals surface area (Å²) < 4.78 is 5.62. The quantitative estimate of drug-likeness (QED) is 0.916. The van der Waals surface area contributed by atoms with Crippen molar-refractivity contribution in [1.29, 1.82) is 0 Å². The molecule has 4 heteroatoms. The molecule has 1 amide bonds. The second kappa shape index (κ2) is 6.37. The van der Waals surface area contributed by atoms with Gasteiger partial charge in [0.15, 0.2) is 0 Å². The maximum atomic E-state index is 12.2. The summed E-state index contributed by atoms with van der Waals surface area (Å²) in [7, 11) is 0.